The number of anilines is 2. The number of aromatic nitrogens is 2. The summed E-state index contributed by atoms with van der Waals surface area (Å²) >= 11 is 5.74. The van der Waals surface area contributed by atoms with Crippen molar-refractivity contribution in [1.82, 2.24) is 20.2 Å². The van der Waals surface area contributed by atoms with Gasteiger partial charge in [0.1, 0.15) is 11.9 Å². The van der Waals surface area contributed by atoms with E-state index in [9.17, 15) is 19.2 Å². The number of hydrogen-bond acceptors (Lipinski definition) is 8. The Bertz CT molecular complexity index is 1010. The van der Waals surface area contributed by atoms with Gasteiger partial charge in [0, 0.05) is 38.4 Å². The van der Waals surface area contributed by atoms with E-state index in [1.54, 1.807) is 18.2 Å². The van der Waals surface area contributed by atoms with Crippen molar-refractivity contribution in [2.45, 2.75) is 18.9 Å². The summed E-state index contributed by atoms with van der Waals surface area (Å²) in [7, 11) is 1.48. The van der Waals surface area contributed by atoms with Crippen molar-refractivity contribution in [3.63, 3.8) is 0 Å². The molecular formula is C20H21ClN6O4. The molecule has 0 radical (unpaired) electrons. The maximum absolute atomic E-state index is 13.0. The van der Waals surface area contributed by atoms with Crippen LogP contribution in [0.2, 0.25) is 5.28 Å². The van der Waals surface area contributed by atoms with Crippen LogP contribution in [0.25, 0.3) is 0 Å². The summed E-state index contributed by atoms with van der Waals surface area (Å²) in [6.45, 7) is 0.906. The fraction of sp³-hybridized carbons (Fsp3) is 0.300. The standard InChI is InChI=1S/C20H21ClN6O4/c1-27(15-5-6-17(29)26-18(15)30)19(31)12-3-2-4-14(13(12)11-28)22-9-10-23-16-7-8-24-20(21)25-16/h2-4,7-8,11,15,22H,5-6,9-10H2,1H3,(H,23,24,25)(H,26,29,30). The van der Waals surface area contributed by atoms with Gasteiger partial charge in [-0.3, -0.25) is 24.5 Å². The lowest BCUT2D eigenvalue weighted by Crippen LogP contribution is -2.53. The van der Waals surface area contributed by atoms with Gasteiger partial charge in [0.15, 0.2) is 6.29 Å². The van der Waals surface area contributed by atoms with E-state index in [2.05, 4.69) is 25.9 Å². The molecule has 10 nitrogen and oxygen atoms in total. The molecule has 0 spiro atoms. The van der Waals surface area contributed by atoms with Crippen LogP contribution in [-0.2, 0) is 9.59 Å². The first-order valence-electron chi connectivity index (χ1n) is 9.56. The van der Waals surface area contributed by atoms with Gasteiger partial charge in [-0.1, -0.05) is 6.07 Å². The zero-order valence-electron chi connectivity index (χ0n) is 16.7. The molecular weight excluding hydrogens is 424 g/mol. The molecule has 162 valence electrons. The number of nitrogens with one attached hydrogen (secondary N) is 3. The van der Waals surface area contributed by atoms with E-state index in [1.165, 1.54) is 24.2 Å². The molecule has 1 aliphatic heterocycles. The third-order valence-electron chi connectivity index (χ3n) is 4.83. The Kier molecular flexibility index (Phi) is 7.14. The Morgan fingerprint density at radius 3 is 2.77 bits per heavy atom. The van der Waals surface area contributed by atoms with Crippen LogP contribution >= 0.6 is 11.6 Å². The van der Waals surface area contributed by atoms with Gasteiger partial charge < -0.3 is 15.5 Å². The number of halogens is 1. The third-order valence-corrected chi connectivity index (χ3v) is 5.01. The van der Waals surface area contributed by atoms with Crippen molar-refractivity contribution in [2.75, 3.05) is 30.8 Å². The van der Waals surface area contributed by atoms with E-state index in [0.717, 1.165) is 0 Å². The molecule has 2 heterocycles. The number of amides is 3. The van der Waals surface area contributed by atoms with Crippen LogP contribution in [0.5, 0.6) is 0 Å². The number of benzene rings is 1. The van der Waals surface area contributed by atoms with Crippen molar-refractivity contribution >= 4 is 47.1 Å². The molecule has 1 saturated heterocycles. The van der Waals surface area contributed by atoms with E-state index in [0.29, 0.717) is 30.9 Å². The van der Waals surface area contributed by atoms with Gasteiger partial charge in [-0.25, -0.2) is 9.97 Å². The molecule has 0 saturated carbocycles. The van der Waals surface area contributed by atoms with Gasteiger partial charge in [-0.2, -0.15) is 0 Å². The fourth-order valence-electron chi connectivity index (χ4n) is 3.24. The van der Waals surface area contributed by atoms with Crippen molar-refractivity contribution in [3.05, 3.63) is 46.9 Å². The highest BCUT2D eigenvalue weighted by molar-refractivity contribution is 6.28. The minimum absolute atomic E-state index is 0.132. The smallest absolute Gasteiger partial charge is 0.255 e. The average Bonchev–Trinajstić information content (AvgIpc) is 2.75. The molecule has 1 unspecified atom stereocenters. The number of likely N-dealkylation sites (N-methyl/N-ethyl adjacent to an activating group) is 1. The zero-order chi connectivity index (χ0) is 22.4. The van der Waals surface area contributed by atoms with Gasteiger partial charge >= 0.3 is 0 Å². The van der Waals surface area contributed by atoms with Crippen molar-refractivity contribution < 1.29 is 19.2 Å². The molecule has 2 aromatic rings. The Morgan fingerprint density at radius 1 is 1.29 bits per heavy atom. The zero-order valence-corrected chi connectivity index (χ0v) is 17.5. The Morgan fingerprint density at radius 2 is 2.06 bits per heavy atom. The summed E-state index contributed by atoms with van der Waals surface area (Å²) in [5.41, 5.74) is 0.847. The molecule has 3 rings (SSSR count). The Balaban J connectivity index is 1.67. The van der Waals surface area contributed by atoms with Gasteiger partial charge in [0.05, 0.1) is 11.1 Å². The van der Waals surface area contributed by atoms with Crippen LogP contribution < -0.4 is 16.0 Å². The topological polar surface area (TPSA) is 133 Å². The number of hydrogen-bond donors (Lipinski definition) is 3. The van der Waals surface area contributed by atoms with Gasteiger partial charge in [-0.15, -0.1) is 0 Å². The van der Waals surface area contributed by atoms with Crippen LogP contribution in [-0.4, -0.2) is 65.1 Å². The summed E-state index contributed by atoms with van der Waals surface area (Å²) < 4.78 is 0. The van der Waals surface area contributed by atoms with E-state index >= 15 is 0 Å². The fourth-order valence-corrected chi connectivity index (χ4v) is 3.38. The summed E-state index contributed by atoms with van der Waals surface area (Å²) in [5.74, 6) is -0.800. The molecule has 1 aromatic heterocycles. The van der Waals surface area contributed by atoms with Gasteiger partial charge in [0.2, 0.25) is 17.1 Å². The highest BCUT2D eigenvalue weighted by Gasteiger charge is 2.33. The van der Waals surface area contributed by atoms with Gasteiger partial charge in [0.25, 0.3) is 5.91 Å². The lowest BCUT2D eigenvalue weighted by molar-refractivity contribution is -0.136. The quantitative estimate of drug-likeness (QED) is 0.240. The van der Waals surface area contributed by atoms with Crippen molar-refractivity contribution in [3.8, 4) is 0 Å². The first-order chi connectivity index (χ1) is 14.9. The normalized spacial score (nSPS) is 15.7. The molecule has 0 bridgehead atoms. The number of nitrogens with zero attached hydrogens (tertiary/aromatic N) is 3. The Labute approximate surface area is 183 Å². The second-order valence-corrected chi connectivity index (χ2v) is 7.17. The van der Waals surface area contributed by atoms with Crippen LogP contribution in [0.4, 0.5) is 11.5 Å². The number of piperidine rings is 1. The maximum Gasteiger partial charge on any atom is 0.255 e. The number of carbonyl (C=O) groups excluding carboxylic acids is 4. The summed E-state index contributed by atoms with van der Waals surface area (Å²) in [6, 6.07) is 5.77. The number of imide groups is 1. The van der Waals surface area contributed by atoms with Crippen LogP contribution in [0.1, 0.15) is 33.6 Å². The second kappa shape index (κ2) is 9.98. The second-order valence-electron chi connectivity index (χ2n) is 6.83. The van der Waals surface area contributed by atoms with Crippen molar-refractivity contribution in [1.29, 1.82) is 0 Å². The summed E-state index contributed by atoms with van der Waals surface area (Å²) in [4.78, 5) is 57.3. The van der Waals surface area contributed by atoms with Gasteiger partial charge in [-0.05, 0) is 36.2 Å². The minimum atomic E-state index is -0.773. The summed E-state index contributed by atoms with van der Waals surface area (Å²) in [5, 5.41) is 8.54. The molecule has 1 aromatic carbocycles. The molecule has 1 atom stereocenters. The van der Waals surface area contributed by atoms with Crippen molar-refractivity contribution in [2.24, 2.45) is 0 Å². The number of carbonyl (C=O) groups is 4. The maximum atomic E-state index is 13.0. The molecule has 3 N–H and O–H groups in total. The van der Waals surface area contributed by atoms with E-state index in [4.69, 9.17) is 11.6 Å². The number of aldehydes is 1. The number of rotatable bonds is 8. The SMILES string of the molecule is CN(C(=O)c1cccc(NCCNc2ccnc(Cl)n2)c1C=O)C1CCC(=O)NC1=O. The Hall–Kier alpha value is -3.53. The predicted octanol–water partition coefficient (Wildman–Crippen LogP) is 1.34. The van der Waals surface area contributed by atoms with E-state index in [-0.39, 0.29) is 35.2 Å². The lowest BCUT2D eigenvalue weighted by Gasteiger charge is -2.30. The molecule has 0 aliphatic carbocycles. The first-order valence-corrected chi connectivity index (χ1v) is 9.94. The highest BCUT2D eigenvalue weighted by atomic mass is 35.5. The average molecular weight is 445 g/mol. The molecule has 1 aliphatic rings. The van der Waals surface area contributed by atoms with Crippen LogP contribution in [0, 0.1) is 0 Å². The molecule has 31 heavy (non-hydrogen) atoms. The monoisotopic (exact) mass is 444 g/mol. The van der Waals surface area contributed by atoms with E-state index in [1.807, 2.05) is 0 Å². The third kappa shape index (κ3) is 5.34. The molecule has 11 heteroatoms. The van der Waals surface area contributed by atoms with Crippen LogP contribution in [0.15, 0.2) is 30.5 Å². The summed E-state index contributed by atoms with van der Waals surface area (Å²) in [6.07, 6.45) is 2.52. The first kappa shape index (κ1) is 22.2. The van der Waals surface area contributed by atoms with E-state index < -0.39 is 17.9 Å². The van der Waals surface area contributed by atoms with Crippen LogP contribution in [0.3, 0.4) is 0 Å². The predicted molar refractivity (Wildman–Crippen MR) is 114 cm³/mol. The molecule has 1 fully saturated rings. The molecule has 3 amide bonds. The highest BCUT2D eigenvalue weighted by Crippen LogP contribution is 2.21. The lowest BCUT2D eigenvalue weighted by atomic mass is 10.0. The largest absolute Gasteiger partial charge is 0.383 e. The minimum Gasteiger partial charge on any atom is -0.383 e.